The van der Waals surface area contributed by atoms with Crippen LogP contribution in [0.25, 0.3) is 0 Å². The Morgan fingerprint density at radius 3 is 2.83 bits per heavy atom. The predicted octanol–water partition coefficient (Wildman–Crippen LogP) is 2.08. The van der Waals surface area contributed by atoms with Crippen molar-refractivity contribution < 1.29 is 4.92 Å². The summed E-state index contributed by atoms with van der Waals surface area (Å²) in [7, 11) is 0. The molecule has 0 aromatic heterocycles. The highest BCUT2D eigenvalue weighted by Gasteiger charge is 2.25. The molecule has 2 atom stereocenters. The van der Waals surface area contributed by atoms with Gasteiger partial charge in [-0.05, 0) is 24.8 Å². The number of piperidine rings is 1. The predicted molar refractivity (Wildman–Crippen MR) is 71.8 cm³/mol. The maximum absolute atomic E-state index is 10.8. The maximum atomic E-state index is 10.8. The number of non-ortho nitro benzene ring substituents is 1. The second kappa shape index (κ2) is 4.94. The van der Waals surface area contributed by atoms with E-state index in [1.165, 1.54) is 0 Å². The molecule has 2 N–H and O–H groups in total. The van der Waals surface area contributed by atoms with Gasteiger partial charge in [0.05, 0.1) is 4.92 Å². The number of nitro groups is 1. The van der Waals surface area contributed by atoms with Crippen molar-refractivity contribution in [1.29, 1.82) is 0 Å². The van der Waals surface area contributed by atoms with Crippen LogP contribution >= 0.6 is 0 Å². The van der Waals surface area contributed by atoms with Gasteiger partial charge in [0.25, 0.3) is 5.69 Å². The Kier molecular flexibility index (Phi) is 3.52. The van der Waals surface area contributed by atoms with Crippen LogP contribution in [0.4, 0.5) is 11.4 Å². The topological polar surface area (TPSA) is 72.4 Å². The second-order valence-electron chi connectivity index (χ2n) is 5.10. The lowest BCUT2D eigenvalue weighted by molar-refractivity contribution is -0.384. The highest BCUT2D eigenvalue weighted by molar-refractivity contribution is 5.59. The first-order valence-corrected chi connectivity index (χ1v) is 6.24. The molecule has 0 radical (unpaired) electrons. The quantitative estimate of drug-likeness (QED) is 0.643. The highest BCUT2D eigenvalue weighted by Crippen LogP contribution is 2.28. The van der Waals surface area contributed by atoms with Crippen molar-refractivity contribution in [2.75, 3.05) is 18.0 Å². The molecule has 1 aromatic carbocycles. The third-order valence-corrected chi connectivity index (χ3v) is 3.76. The van der Waals surface area contributed by atoms with E-state index in [0.717, 1.165) is 30.8 Å². The van der Waals surface area contributed by atoms with E-state index in [0.29, 0.717) is 5.92 Å². The molecule has 2 rings (SSSR count). The minimum atomic E-state index is -0.352. The van der Waals surface area contributed by atoms with Gasteiger partial charge in [0, 0.05) is 37.0 Å². The van der Waals surface area contributed by atoms with Crippen LogP contribution in [0.3, 0.4) is 0 Å². The lowest BCUT2D eigenvalue weighted by Gasteiger charge is -2.37. The molecule has 98 valence electrons. The van der Waals surface area contributed by atoms with Crippen LogP contribution in [0.1, 0.15) is 18.9 Å². The van der Waals surface area contributed by atoms with E-state index in [-0.39, 0.29) is 16.7 Å². The van der Waals surface area contributed by atoms with Crippen molar-refractivity contribution in [2.45, 2.75) is 26.3 Å². The summed E-state index contributed by atoms with van der Waals surface area (Å²) in [6.07, 6.45) is 1.03. The second-order valence-corrected chi connectivity index (χ2v) is 5.10. The van der Waals surface area contributed by atoms with Gasteiger partial charge in [-0.25, -0.2) is 0 Å². The molecule has 1 heterocycles. The van der Waals surface area contributed by atoms with Crippen LogP contribution < -0.4 is 10.6 Å². The highest BCUT2D eigenvalue weighted by atomic mass is 16.6. The Bertz CT molecular complexity index is 462. The molecule has 0 amide bonds. The first-order chi connectivity index (χ1) is 8.49. The molecule has 0 saturated carbocycles. The molecule has 5 heteroatoms. The molecule has 2 unspecified atom stereocenters. The SMILES string of the molecule is Cc1ccc([N+](=O)[O-])cc1N1CCC(C)C(N)C1. The molecule has 5 nitrogen and oxygen atoms in total. The van der Waals surface area contributed by atoms with Gasteiger partial charge in [0.15, 0.2) is 0 Å². The number of benzene rings is 1. The van der Waals surface area contributed by atoms with Gasteiger partial charge in [-0.1, -0.05) is 13.0 Å². The van der Waals surface area contributed by atoms with E-state index in [2.05, 4.69) is 11.8 Å². The summed E-state index contributed by atoms with van der Waals surface area (Å²) in [5.41, 5.74) is 8.21. The van der Waals surface area contributed by atoms with Crippen molar-refractivity contribution in [3.8, 4) is 0 Å². The molecule has 0 aliphatic carbocycles. The fourth-order valence-electron chi connectivity index (χ4n) is 2.37. The lowest BCUT2D eigenvalue weighted by Crippen LogP contribution is -2.47. The fraction of sp³-hybridized carbons (Fsp3) is 0.538. The average Bonchev–Trinajstić information content (AvgIpc) is 2.33. The third kappa shape index (κ3) is 2.46. The van der Waals surface area contributed by atoms with Crippen LogP contribution in [0.5, 0.6) is 0 Å². The van der Waals surface area contributed by atoms with E-state index in [1.807, 2.05) is 6.92 Å². The van der Waals surface area contributed by atoms with E-state index in [4.69, 9.17) is 5.73 Å². The summed E-state index contributed by atoms with van der Waals surface area (Å²) in [4.78, 5) is 12.6. The Hall–Kier alpha value is -1.62. The summed E-state index contributed by atoms with van der Waals surface area (Å²) in [5, 5.41) is 10.8. The molecule has 0 bridgehead atoms. The van der Waals surface area contributed by atoms with Crippen LogP contribution in [-0.2, 0) is 0 Å². The van der Waals surface area contributed by atoms with E-state index < -0.39 is 0 Å². The molecule has 18 heavy (non-hydrogen) atoms. The monoisotopic (exact) mass is 249 g/mol. The molecule has 1 saturated heterocycles. The number of nitrogens with zero attached hydrogens (tertiary/aromatic N) is 2. The van der Waals surface area contributed by atoms with Gasteiger partial charge >= 0.3 is 0 Å². The standard InChI is InChI=1S/C13H19N3O2/c1-9-5-6-15(8-12(9)14)13-7-11(16(17)18)4-3-10(13)2/h3-4,7,9,12H,5-6,8,14H2,1-2H3. The van der Waals surface area contributed by atoms with E-state index >= 15 is 0 Å². The average molecular weight is 249 g/mol. The molecule has 1 aromatic rings. The van der Waals surface area contributed by atoms with E-state index in [1.54, 1.807) is 18.2 Å². The Labute approximate surface area is 107 Å². The van der Waals surface area contributed by atoms with Gasteiger partial charge < -0.3 is 10.6 Å². The van der Waals surface area contributed by atoms with Gasteiger partial charge in [-0.15, -0.1) is 0 Å². The minimum Gasteiger partial charge on any atom is -0.370 e. The summed E-state index contributed by atoms with van der Waals surface area (Å²) >= 11 is 0. The number of nitro benzene ring substituents is 1. The summed E-state index contributed by atoms with van der Waals surface area (Å²) in [6, 6.07) is 5.14. The lowest BCUT2D eigenvalue weighted by atomic mass is 9.93. The number of aryl methyl sites for hydroxylation is 1. The van der Waals surface area contributed by atoms with Crippen molar-refractivity contribution in [3.63, 3.8) is 0 Å². The van der Waals surface area contributed by atoms with Gasteiger partial charge in [0.1, 0.15) is 0 Å². The molecular weight excluding hydrogens is 230 g/mol. The zero-order valence-electron chi connectivity index (χ0n) is 10.8. The zero-order valence-corrected chi connectivity index (χ0v) is 10.8. The number of hydrogen-bond acceptors (Lipinski definition) is 4. The third-order valence-electron chi connectivity index (χ3n) is 3.76. The first-order valence-electron chi connectivity index (χ1n) is 6.24. The van der Waals surface area contributed by atoms with Crippen molar-refractivity contribution >= 4 is 11.4 Å². The number of nitrogens with two attached hydrogens (primary N) is 1. The van der Waals surface area contributed by atoms with Crippen LogP contribution in [0.2, 0.25) is 0 Å². The summed E-state index contributed by atoms with van der Waals surface area (Å²) in [6.45, 7) is 5.81. The molecule has 0 spiro atoms. The summed E-state index contributed by atoms with van der Waals surface area (Å²) in [5.74, 6) is 0.514. The zero-order chi connectivity index (χ0) is 13.3. The van der Waals surface area contributed by atoms with Gasteiger partial charge in [-0.2, -0.15) is 0 Å². The maximum Gasteiger partial charge on any atom is 0.271 e. The van der Waals surface area contributed by atoms with Gasteiger partial charge in [0.2, 0.25) is 0 Å². The smallest absolute Gasteiger partial charge is 0.271 e. The van der Waals surface area contributed by atoms with Crippen LogP contribution in [0.15, 0.2) is 18.2 Å². The molecular formula is C13H19N3O2. The number of hydrogen-bond donors (Lipinski definition) is 1. The van der Waals surface area contributed by atoms with Gasteiger partial charge in [-0.3, -0.25) is 10.1 Å². The molecule has 1 fully saturated rings. The summed E-state index contributed by atoms with van der Waals surface area (Å²) < 4.78 is 0. The first kappa shape index (κ1) is 12.8. The van der Waals surface area contributed by atoms with E-state index in [9.17, 15) is 10.1 Å². The van der Waals surface area contributed by atoms with Crippen molar-refractivity contribution in [2.24, 2.45) is 11.7 Å². The minimum absolute atomic E-state index is 0.136. The molecule has 1 aliphatic rings. The molecule has 1 aliphatic heterocycles. The number of rotatable bonds is 2. The van der Waals surface area contributed by atoms with Crippen molar-refractivity contribution in [1.82, 2.24) is 0 Å². The Balaban J connectivity index is 2.27. The largest absolute Gasteiger partial charge is 0.370 e. The van der Waals surface area contributed by atoms with Crippen LogP contribution in [-0.4, -0.2) is 24.1 Å². The Morgan fingerprint density at radius 2 is 2.22 bits per heavy atom. The number of anilines is 1. The Morgan fingerprint density at radius 1 is 1.50 bits per heavy atom. The fourth-order valence-corrected chi connectivity index (χ4v) is 2.37. The van der Waals surface area contributed by atoms with Crippen LogP contribution in [0, 0.1) is 23.0 Å². The van der Waals surface area contributed by atoms with Crippen molar-refractivity contribution in [3.05, 3.63) is 33.9 Å². The normalized spacial score (nSPS) is 24.1.